The number of hydrogen-bond acceptors (Lipinski definition) is 6. The average molecular weight is 426 g/mol. The Kier molecular flexibility index (Phi) is 6.35. The summed E-state index contributed by atoms with van der Waals surface area (Å²) in [6, 6.07) is 10.8. The number of rotatable bonds is 6. The Morgan fingerprint density at radius 2 is 1.90 bits per heavy atom. The van der Waals surface area contributed by atoms with E-state index in [9.17, 15) is 4.79 Å². The van der Waals surface area contributed by atoms with Crippen LogP contribution in [0.25, 0.3) is 11.4 Å². The normalized spacial score (nSPS) is 15.9. The van der Waals surface area contributed by atoms with E-state index >= 15 is 0 Å². The van der Waals surface area contributed by atoms with Crippen LogP contribution in [0.1, 0.15) is 24.9 Å². The van der Waals surface area contributed by atoms with Crippen molar-refractivity contribution in [1.82, 2.24) is 35.0 Å². The second kappa shape index (κ2) is 9.32. The Bertz CT molecular complexity index is 969. The second-order valence-electron chi connectivity index (χ2n) is 7.33. The first kappa shape index (κ1) is 20.4. The highest BCUT2D eigenvalue weighted by molar-refractivity contribution is 6.30. The van der Waals surface area contributed by atoms with Crippen LogP contribution in [0, 0.1) is 0 Å². The minimum atomic E-state index is -0.455. The van der Waals surface area contributed by atoms with E-state index in [0.717, 1.165) is 25.2 Å². The van der Waals surface area contributed by atoms with Crippen molar-refractivity contribution in [3.8, 4) is 11.4 Å². The molecule has 0 spiro atoms. The zero-order valence-electron chi connectivity index (χ0n) is 16.9. The molecule has 3 aromatic rings. The van der Waals surface area contributed by atoms with Crippen LogP contribution in [0.4, 0.5) is 0 Å². The number of amides is 1. The molecule has 0 bridgehead atoms. The van der Waals surface area contributed by atoms with Crippen LogP contribution < -0.4 is 0 Å². The largest absolute Gasteiger partial charge is 0.338 e. The maximum absolute atomic E-state index is 13.1. The summed E-state index contributed by atoms with van der Waals surface area (Å²) in [5, 5.41) is 13.4. The minimum absolute atomic E-state index is 0.0404. The lowest BCUT2D eigenvalue weighted by atomic mass is 10.1. The van der Waals surface area contributed by atoms with Gasteiger partial charge in [0.1, 0.15) is 0 Å². The van der Waals surface area contributed by atoms with E-state index in [2.05, 4.69) is 31.4 Å². The fraction of sp³-hybridized carbons (Fsp3) is 0.381. The smallest absolute Gasteiger partial charge is 0.249 e. The van der Waals surface area contributed by atoms with E-state index in [4.69, 9.17) is 11.6 Å². The number of carbonyl (C=O) groups is 1. The molecule has 1 fully saturated rings. The predicted octanol–water partition coefficient (Wildman–Crippen LogP) is 2.68. The van der Waals surface area contributed by atoms with E-state index in [1.54, 1.807) is 18.3 Å². The van der Waals surface area contributed by atoms with Crippen LogP contribution in [-0.2, 0) is 11.3 Å². The summed E-state index contributed by atoms with van der Waals surface area (Å²) in [5.74, 6) is 0.526. The zero-order valence-corrected chi connectivity index (χ0v) is 17.6. The summed E-state index contributed by atoms with van der Waals surface area (Å²) in [6.07, 6.45) is 4.27. The number of tetrazole rings is 1. The third-order valence-electron chi connectivity index (χ3n) is 5.29. The molecule has 9 heteroatoms. The van der Waals surface area contributed by atoms with E-state index in [1.807, 2.05) is 36.2 Å². The summed E-state index contributed by atoms with van der Waals surface area (Å²) in [6.45, 7) is 5.85. The van der Waals surface area contributed by atoms with Crippen LogP contribution in [0.2, 0.25) is 5.02 Å². The van der Waals surface area contributed by atoms with Crippen LogP contribution in [0.3, 0.4) is 0 Å². The molecule has 1 aliphatic heterocycles. The van der Waals surface area contributed by atoms with Gasteiger partial charge in [-0.05, 0) is 47.5 Å². The van der Waals surface area contributed by atoms with Gasteiger partial charge < -0.3 is 4.90 Å². The van der Waals surface area contributed by atoms with Gasteiger partial charge in [-0.15, -0.1) is 10.2 Å². The maximum atomic E-state index is 13.1. The lowest BCUT2D eigenvalue weighted by Gasteiger charge is -2.36. The predicted molar refractivity (Wildman–Crippen MR) is 114 cm³/mol. The Morgan fingerprint density at radius 1 is 1.13 bits per heavy atom. The molecule has 0 radical (unpaired) electrons. The molecular formula is C21H24ClN7O. The zero-order chi connectivity index (χ0) is 20.9. The molecule has 1 atom stereocenters. The van der Waals surface area contributed by atoms with Gasteiger partial charge in [0.15, 0.2) is 6.04 Å². The highest BCUT2D eigenvalue weighted by Gasteiger charge is 2.29. The topological polar surface area (TPSA) is 80.0 Å². The third kappa shape index (κ3) is 4.66. The van der Waals surface area contributed by atoms with Gasteiger partial charge in [-0.2, -0.15) is 4.80 Å². The van der Waals surface area contributed by atoms with Crippen molar-refractivity contribution in [2.75, 3.05) is 26.2 Å². The minimum Gasteiger partial charge on any atom is -0.338 e. The molecule has 4 rings (SSSR count). The van der Waals surface area contributed by atoms with Gasteiger partial charge in [0.25, 0.3) is 0 Å². The highest BCUT2D eigenvalue weighted by Crippen LogP contribution is 2.20. The van der Waals surface area contributed by atoms with Gasteiger partial charge in [-0.3, -0.25) is 14.7 Å². The Morgan fingerprint density at radius 3 is 2.57 bits per heavy atom. The van der Waals surface area contributed by atoms with Gasteiger partial charge in [-0.1, -0.05) is 24.6 Å². The number of benzene rings is 1. The second-order valence-corrected chi connectivity index (χ2v) is 7.76. The van der Waals surface area contributed by atoms with Crippen molar-refractivity contribution in [1.29, 1.82) is 0 Å². The average Bonchev–Trinajstić information content (AvgIpc) is 3.26. The summed E-state index contributed by atoms with van der Waals surface area (Å²) in [7, 11) is 0. The molecule has 30 heavy (non-hydrogen) atoms. The highest BCUT2D eigenvalue weighted by atomic mass is 35.5. The first-order valence-electron chi connectivity index (χ1n) is 10.1. The van der Waals surface area contributed by atoms with Crippen molar-refractivity contribution in [2.45, 2.75) is 25.9 Å². The van der Waals surface area contributed by atoms with Crippen molar-refractivity contribution in [3.63, 3.8) is 0 Å². The summed E-state index contributed by atoms with van der Waals surface area (Å²) >= 11 is 5.94. The van der Waals surface area contributed by atoms with Gasteiger partial charge in [0, 0.05) is 55.7 Å². The molecule has 8 nitrogen and oxygen atoms in total. The number of carbonyl (C=O) groups excluding carboxylic acids is 1. The number of pyridine rings is 1. The number of aromatic nitrogens is 5. The lowest BCUT2D eigenvalue weighted by Crippen LogP contribution is -2.50. The van der Waals surface area contributed by atoms with Crippen molar-refractivity contribution >= 4 is 17.5 Å². The quantitative estimate of drug-likeness (QED) is 0.604. The van der Waals surface area contributed by atoms with Gasteiger partial charge in [-0.25, -0.2) is 0 Å². The molecule has 3 heterocycles. The van der Waals surface area contributed by atoms with Crippen LogP contribution in [0.15, 0.2) is 48.8 Å². The molecule has 1 aliphatic rings. The van der Waals surface area contributed by atoms with Gasteiger partial charge in [0.2, 0.25) is 11.7 Å². The molecule has 1 amide bonds. The van der Waals surface area contributed by atoms with Gasteiger partial charge >= 0.3 is 0 Å². The summed E-state index contributed by atoms with van der Waals surface area (Å²) in [4.78, 5) is 23.0. The summed E-state index contributed by atoms with van der Waals surface area (Å²) in [5.41, 5.74) is 2.00. The Hall–Kier alpha value is -2.84. The first-order chi connectivity index (χ1) is 14.6. The molecule has 0 saturated carbocycles. The third-order valence-corrected chi connectivity index (χ3v) is 5.55. The van der Waals surface area contributed by atoms with E-state index in [1.165, 1.54) is 10.4 Å². The standard InChI is InChI=1S/C21H24ClN7O/c1-2-19(29-25-20(24-26-29)17-5-7-18(22)8-6-17)21(30)28-12-10-27(11-13-28)15-16-4-3-9-23-14-16/h3-9,14,19H,2,10-13,15H2,1H3. The molecule has 1 aromatic carbocycles. The fourth-order valence-corrected chi connectivity index (χ4v) is 3.72. The maximum Gasteiger partial charge on any atom is 0.249 e. The molecule has 2 aromatic heterocycles. The number of hydrogen-bond donors (Lipinski definition) is 0. The van der Waals surface area contributed by atoms with Crippen LogP contribution >= 0.6 is 11.6 Å². The number of piperazine rings is 1. The Labute approximate surface area is 180 Å². The molecule has 0 aliphatic carbocycles. The number of nitrogens with zero attached hydrogens (tertiary/aromatic N) is 7. The number of halogens is 1. The van der Waals surface area contributed by atoms with Crippen LogP contribution in [0.5, 0.6) is 0 Å². The molecule has 0 N–H and O–H groups in total. The van der Waals surface area contributed by atoms with E-state index in [0.29, 0.717) is 30.4 Å². The van der Waals surface area contributed by atoms with Crippen molar-refractivity contribution < 1.29 is 4.79 Å². The monoisotopic (exact) mass is 425 g/mol. The molecular weight excluding hydrogens is 402 g/mol. The SMILES string of the molecule is CCC(C(=O)N1CCN(Cc2cccnc2)CC1)n1nnc(-c2ccc(Cl)cc2)n1. The van der Waals surface area contributed by atoms with Crippen LogP contribution in [-0.4, -0.2) is 67.1 Å². The Balaban J connectivity index is 1.38. The fourth-order valence-electron chi connectivity index (χ4n) is 3.60. The van der Waals surface area contributed by atoms with E-state index < -0.39 is 6.04 Å². The molecule has 156 valence electrons. The lowest BCUT2D eigenvalue weighted by molar-refractivity contribution is -0.137. The first-order valence-corrected chi connectivity index (χ1v) is 10.5. The van der Waals surface area contributed by atoms with Crippen molar-refractivity contribution in [2.24, 2.45) is 0 Å². The van der Waals surface area contributed by atoms with E-state index in [-0.39, 0.29) is 5.91 Å². The summed E-state index contributed by atoms with van der Waals surface area (Å²) < 4.78 is 0. The molecule has 1 saturated heterocycles. The molecule has 1 unspecified atom stereocenters. The van der Waals surface area contributed by atoms with Gasteiger partial charge in [0.05, 0.1) is 0 Å². The van der Waals surface area contributed by atoms with Crippen molar-refractivity contribution in [3.05, 3.63) is 59.4 Å².